The van der Waals surface area contributed by atoms with Gasteiger partial charge in [0.15, 0.2) is 0 Å². The molecule has 2 rings (SSSR count). The summed E-state index contributed by atoms with van der Waals surface area (Å²) < 4.78 is 6.92. The van der Waals surface area contributed by atoms with Gasteiger partial charge in [-0.1, -0.05) is 0 Å². The predicted molar refractivity (Wildman–Crippen MR) is 69.8 cm³/mol. The minimum Gasteiger partial charge on any atom is -0.469 e. The Balaban J connectivity index is 2.19. The fourth-order valence-corrected chi connectivity index (χ4v) is 4.07. The van der Waals surface area contributed by atoms with Crippen molar-refractivity contribution >= 4 is 43.8 Å². The van der Waals surface area contributed by atoms with Gasteiger partial charge in [-0.25, -0.2) is 0 Å². The SMILES string of the molecule is COC(=O)Cc1cc2sc(CC(C)=O)cc2s1. The average Bonchev–Trinajstić information content (AvgIpc) is 2.73. The van der Waals surface area contributed by atoms with Gasteiger partial charge in [-0.2, -0.15) is 0 Å². The normalized spacial score (nSPS) is 10.7. The summed E-state index contributed by atoms with van der Waals surface area (Å²) in [5.74, 6) is -0.0449. The predicted octanol–water partition coefficient (Wildman–Crippen LogP) is 2.81. The minimum absolute atomic E-state index is 0.175. The van der Waals surface area contributed by atoms with Gasteiger partial charge in [-0.3, -0.25) is 9.59 Å². The number of Topliss-reactive ketones (excluding diaryl/α,β-unsaturated/α-hetero) is 1. The highest BCUT2D eigenvalue weighted by molar-refractivity contribution is 7.27. The molecule has 0 atom stereocenters. The van der Waals surface area contributed by atoms with Crippen LogP contribution in [0.5, 0.6) is 0 Å². The Bertz CT molecular complexity index is 534. The zero-order valence-electron chi connectivity index (χ0n) is 9.61. The molecule has 2 aromatic rings. The monoisotopic (exact) mass is 268 g/mol. The lowest BCUT2D eigenvalue weighted by Gasteiger charge is -1.94. The number of hydrogen-bond donors (Lipinski definition) is 0. The van der Waals surface area contributed by atoms with Gasteiger partial charge in [0.1, 0.15) is 5.78 Å². The van der Waals surface area contributed by atoms with Crippen molar-refractivity contribution in [3.63, 3.8) is 0 Å². The number of thiophene rings is 2. The van der Waals surface area contributed by atoms with Crippen LogP contribution in [0.25, 0.3) is 9.40 Å². The highest BCUT2D eigenvalue weighted by Crippen LogP contribution is 2.33. The van der Waals surface area contributed by atoms with Crippen LogP contribution < -0.4 is 0 Å². The second-order valence-electron chi connectivity index (χ2n) is 3.79. The van der Waals surface area contributed by atoms with Crippen molar-refractivity contribution in [1.82, 2.24) is 0 Å². The summed E-state index contributed by atoms with van der Waals surface area (Å²) in [4.78, 5) is 24.2. The first-order chi connectivity index (χ1) is 8.08. The first-order valence-electron chi connectivity index (χ1n) is 5.16. The second-order valence-corrected chi connectivity index (χ2v) is 6.12. The summed E-state index contributed by atoms with van der Waals surface area (Å²) in [6.45, 7) is 1.59. The molecule has 2 aromatic heterocycles. The molecule has 5 heteroatoms. The molecule has 0 saturated carbocycles. The summed E-state index contributed by atoms with van der Waals surface area (Å²) in [5, 5.41) is 0. The van der Waals surface area contributed by atoms with Gasteiger partial charge in [0.25, 0.3) is 0 Å². The van der Waals surface area contributed by atoms with Gasteiger partial charge in [0.05, 0.1) is 13.5 Å². The van der Waals surface area contributed by atoms with Crippen molar-refractivity contribution in [2.75, 3.05) is 7.11 Å². The molecule has 0 saturated heterocycles. The van der Waals surface area contributed by atoms with E-state index in [4.69, 9.17) is 0 Å². The molecule has 2 heterocycles. The molecule has 0 aromatic carbocycles. The number of ether oxygens (including phenoxy) is 1. The van der Waals surface area contributed by atoms with Crippen molar-refractivity contribution in [2.45, 2.75) is 19.8 Å². The maximum Gasteiger partial charge on any atom is 0.310 e. The number of carbonyl (C=O) groups is 2. The molecule has 0 aliphatic heterocycles. The van der Waals surface area contributed by atoms with Crippen LogP contribution in [0.4, 0.5) is 0 Å². The number of fused-ring (bicyclic) bond motifs is 1. The smallest absolute Gasteiger partial charge is 0.310 e. The van der Waals surface area contributed by atoms with E-state index in [1.165, 1.54) is 7.11 Å². The van der Waals surface area contributed by atoms with Crippen molar-refractivity contribution in [3.05, 3.63) is 21.9 Å². The molecule has 17 heavy (non-hydrogen) atoms. The van der Waals surface area contributed by atoms with Gasteiger partial charge < -0.3 is 4.74 Å². The molecule has 0 N–H and O–H groups in total. The Kier molecular flexibility index (Phi) is 3.59. The van der Waals surface area contributed by atoms with E-state index in [1.807, 2.05) is 12.1 Å². The van der Waals surface area contributed by atoms with E-state index in [-0.39, 0.29) is 11.8 Å². The third kappa shape index (κ3) is 2.92. The Morgan fingerprint density at radius 3 is 2.12 bits per heavy atom. The largest absolute Gasteiger partial charge is 0.469 e. The van der Waals surface area contributed by atoms with Gasteiger partial charge in [0.2, 0.25) is 0 Å². The summed E-state index contributed by atoms with van der Waals surface area (Å²) in [6.07, 6.45) is 0.822. The highest BCUT2D eigenvalue weighted by Gasteiger charge is 2.10. The Labute approximate surface area is 107 Å². The summed E-state index contributed by atoms with van der Waals surface area (Å²) in [7, 11) is 1.39. The third-order valence-electron chi connectivity index (χ3n) is 2.28. The highest BCUT2D eigenvalue weighted by atomic mass is 32.1. The van der Waals surface area contributed by atoms with E-state index in [2.05, 4.69) is 4.74 Å². The maximum absolute atomic E-state index is 11.1. The van der Waals surface area contributed by atoms with Gasteiger partial charge >= 0.3 is 5.97 Å². The van der Waals surface area contributed by atoms with Crippen LogP contribution in [0.3, 0.4) is 0 Å². The lowest BCUT2D eigenvalue weighted by molar-refractivity contribution is -0.139. The minimum atomic E-state index is -0.220. The average molecular weight is 268 g/mol. The Hall–Kier alpha value is -1.20. The fraction of sp³-hybridized carbons (Fsp3) is 0.333. The molecule has 0 amide bonds. The van der Waals surface area contributed by atoms with Crippen LogP contribution in [-0.2, 0) is 27.2 Å². The van der Waals surface area contributed by atoms with E-state index in [0.29, 0.717) is 12.8 Å². The second kappa shape index (κ2) is 4.98. The number of esters is 1. The van der Waals surface area contributed by atoms with Crippen LogP contribution in [0.15, 0.2) is 12.1 Å². The molecule has 3 nitrogen and oxygen atoms in total. The maximum atomic E-state index is 11.1. The molecule has 0 aliphatic rings. The number of carbonyl (C=O) groups excluding carboxylic acids is 2. The zero-order valence-corrected chi connectivity index (χ0v) is 11.2. The van der Waals surface area contributed by atoms with Crippen molar-refractivity contribution < 1.29 is 14.3 Å². The molecule has 90 valence electrons. The topological polar surface area (TPSA) is 43.4 Å². The van der Waals surface area contributed by atoms with Crippen LogP contribution >= 0.6 is 22.7 Å². The summed E-state index contributed by atoms with van der Waals surface area (Å²) in [6, 6.07) is 4.04. The fourth-order valence-electron chi connectivity index (χ4n) is 1.57. The van der Waals surface area contributed by atoms with E-state index >= 15 is 0 Å². The molecule has 0 unspecified atom stereocenters. The lowest BCUT2D eigenvalue weighted by atomic mass is 10.3. The van der Waals surface area contributed by atoms with Gasteiger partial charge in [0, 0.05) is 25.6 Å². The van der Waals surface area contributed by atoms with E-state index < -0.39 is 0 Å². The molecular formula is C12H12O3S2. The lowest BCUT2D eigenvalue weighted by Crippen LogP contribution is -2.02. The van der Waals surface area contributed by atoms with Crippen molar-refractivity contribution in [3.8, 4) is 0 Å². The van der Waals surface area contributed by atoms with Crippen LogP contribution in [0, 0.1) is 0 Å². The number of hydrogen-bond acceptors (Lipinski definition) is 5. The summed E-state index contributed by atoms with van der Waals surface area (Å²) in [5.41, 5.74) is 0. The molecule has 0 spiro atoms. The van der Waals surface area contributed by atoms with E-state index in [9.17, 15) is 9.59 Å². The molecular weight excluding hydrogens is 256 g/mol. The van der Waals surface area contributed by atoms with Gasteiger partial charge in [-0.05, 0) is 19.1 Å². The summed E-state index contributed by atoms with van der Waals surface area (Å²) >= 11 is 3.21. The van der Waals surface area contributed by atoms with Crippen molar-refractivity contribution in [1.29, 1.82) is 0 Å². The van der Waals surface area contributed by atoms with Gasteiger partial charge in [-0.15, -0.1) is 22.7 Å². The first kappa shape index (κ1) is 12.3. The number of rotatable bonds is 4. The molecule has 0 radical (unpaired) electrons. The van der Waals surface area contributed by atoms with Crippen LogP contribution in [-0.4, -0.2) is 18.9 Å². The van der Waals surface area contributed by atoms with Crippen molar-refractivity contribution in [2.24, 2.45) is 0 Å². The Morgan fingerprint density at radius 2 is 1.65 bits per heavy atom. The first-order valence-corrected chi connectivity index (χ1v) is 6.79. The standard InChI is InChI=1S/C12H12O3S2/c1-7(13)3-8-4-10-11(16-8)5-9(17-10)6-12(14)15-2/h4-5H,3,6H2,1-2H3. The Morgan fingerprint density at radius 1 is 1.12 bits per heavy atom. The van der Waals surface area contributed by atoms with Crippen LogP contribution in [0.2, 0.25) is 0 Å². The number of ketones is 1. The van der Waals surface area contributed by atoms with E-state index in [0.717, 1.165) is 19.2 Å². The quantitative estimate of drug-likeness (QED) is 0.801. The molecule has 0 aliphatic carbocycles. The van der Waals surface area contributed by atoms with Crippen LogP contribution in [0.1, 0.15) is 16.7 Å². The van der Waals surface area contributed by atoms with E-state index in [1.54, 1.807) is 29.6 Å². The zero-order chi connectivity index (χ0) is 12.4. The molecule has 0 bridgehead atoms. The number of methoxy groups -OCH3 is 1. The third-order valence-corrected chi connectivity index (χ3v) is 4.57. The molecule has 0 fully saturated rings.